The minimum atomic E-state index is -0.808. The number of carbonyl (C=O) groups is 1. The Morgan fingerprint density at radius 3 is 2.41 bits per heavy atom. The first-order valence-electron chi connectivity index (χ1n) is 6.52. The molecule has 0 amide bonds. The zero-order chi connectivity index (χ0) is 15.9. The third-order valence-electron chi connectivity index (χ3n) is 2.80. The standard InChI is InChI=1S/C17H12N2O2S/c1-12(10-18)21-17(20)14-7-3-5-9-16(14)22-15-8-4-2-6-13(15)11-19/h2-9,12H,1H3/t12-/m1/s1. The van der Waals surface area contributed by atoms with Crippen molar-refractivity contribution in [3.05, 3.63) is 59.7 Å². The molecule has 0 N–H and O–H groups in total. The first kappa shape index (κ1) is 15.6. The predicted octanol–water partition coefficient (Wildman–Crippen LogP) is 3.78. The molecular weight excluding hydrogens is 296 g/mol. The lowest BCUT2D eigenvalue weighted by Crippen LogP contribution is -2.13. The van der Waals surface area contributed by atoms with Crippen LogP contribution in [0.25, 0.3) is 0 Å². The van der Waals surface area contributed by atoms with E-state index in [9.17, 15) is 4.79 Å². The molecule has 0 bridgehead atoms. The topological polar surface area (TPSA) is 73.9 Å². The molecule has 5 heteroatoms. The second-order valence-corrected chi connectivity index (χ2v) is 5.47. The Balaban J connectivity index is 2.32. The molecule has 0 fully saturated rings. The number of ether oxygens (including phenoxy) is 1. The molecule has 0 heterocycles. The molecule has 22 heavy (non-hydrogen) atoms. The molecule has 0 unspecified atom stereocenters. The molecule has 1 atom stereocenters. The molecule has 0 aromatic heterocycles. The Morgan fingerprint density at radius 2 is 1.73 bits per heavy atom. The number of hydrogen-bond acceptors (Lipinski definition) is 5. The summed E-state index contributed by atoms with van der Waals surface area (Å²) in [5.74, 6) is -0.549. The van der Waals surface area contributed by atoms with Gasteiger partial charge < -0.3 is 4.74 Å². The van der Waals surface area contributed by atoms with Gasteiger partial charge in [0.25, 0.3) is 0 Å². The number of hydrogen-bond donors (Lipinski definition) is 0. The first-order valence-corrected chi connectivity index (χ1v) is 7.34. The fraction of sp³-hybridized carbons (Fsp3) is 0.118. The van der Waals surface area contributed by atoms with Gasteiger partial charge in [-0.25, -0.2) is 4.79 Å². The van der Waals surface area contributed by atoms with Crippen LogP contribution < -0.4 is 0 Å². The maximum Gasteiger partial charge on any atom is 0.340 e. The molecule has 0 saturated heterocycles. The lowest BCUT2D eigenvalue weighted by atomic mass is 10.2. The molecule has 2 aromatic carbocycles. The summed E-state index contributed by atoms with van der Waals surface area (Å²) < 4.78 is 5.04. The maximum atomic E-state index is 12.1. The zero-order valence-electron chi connectivity index (χ0n) is 11.8. The normalized spacial score (nSPS) is 11.0. The van der Waals surface area contributed by atoms with E-state index in [2.05, 4.69) is 6.07 Å². The third-order valence-corrected chi connectivity index (χ3v) is 3.95. The first-order chi connectivity index (χ1) is 10.7. The smallest absolute Gasteiger partial charge is 0.340 e. The highest BCUT2D eigenvalue weighted by atomic mass is 32.2. The van der Waals surface area contributed by atoms with Crippen LogP contribution in [-0.4, -0.2) is 12.1 Å². The Labute approximate surface area is 132 Å². The van der Waals surface area contributed by atoms with E-state index in [1.54, 1.807) is 30.3 Å². The van der Waals surface area contributed by atoms with E-state index in [0.717, 1.165) is 4.90 Å². The van der Waals surface area contributed by atoms with Gasteiger partial charge >= 0.3 is 5.97 Å². The largest absolute Gasteiger partial charge is 0.444 e. The highest BCUT2D eigenvalue weighted by molar-refractivity contribution is 7.99. The van der Waals surface area contributed by atoms with Gasteiger partial charge in [-0.05, 0) is 31.2 Å². The summed E-state index contributed by atoms with van der Waals surface area (Å²) in [6.45, 7) is 1.51. The number of nitrogens with zero attached hydrogens (tertiary/aromatic N) is 2. The van der Waals surface area contributed by atoms with Crippen molar-refractivity contribution >= 4 is 17.7 Å². The number of benzene rings is 2. The molecule has 0 aliphatic rings. The SMILES string of the molecule is C[C@H](C#N)OC(=O)c1ccccc1Sc1ccccc1C#N. The molecule has 0 aliphatic carbocycles. The zero-order valence-corrected chi connectivity index (χ0v) is 12.6. The van der Waals surface area contributed by atoms with E-state index in [-0.39, 0.29) is 0 Å². The van der Waals surface area contributed by atoms with Gasteiger partial charge in [-0.3, -0.25) is 0 Å². The quantitative estimate of drug-likeness (QED) is 0.804. The van der Waals surface area contributed by atoms with Gasteiger partial charge in [-0.15, -0.1) is 0 Å². The van der Waals surface area contributed by atoms with Gasteiger partial charge in [0.05, 0.1) is 11.1 Å². The van der Waals surface area contributed by atoms with Crippen molar-refractivity contribution in [3.63, 3.8) is 0 Å². The number of carbonyl (C=O) groups excluding carboxylic acids is 1. The van der Waals surface area contributed by atoms with Crippen LogP contribution in [0.5, 0.6) is 0 Å². The summed E-state index contributed by atoms with van der Waals surface area (Å²) in [5, 5.41) is 17.9. The number of esters is 1. The van der Waals surface area contributed by atoms with Crippen LogP contribution in [0.2, 0.25) is 0 Å². The van der Waals surface area contributed by atoms with E-state index < -0.39 is 12.1 Å². The molecule has 0 spiro atoms. The average Bonchev–Trinajstić information content (AvgIpc) is 2.55. The molecule has 0 aliphatic heterocycles. The molecule has 2 rings (SSSR count). The Morgan fingerprint density at radius 1 is 1.09 bits per heavy atom. The monoisotopic (exact) mass is 308 g/mol. The molecule has 108 valence electrons. The van der Waals surface area contributed by atoms with E-state index in [1.807, 2.05) is 24.3 Å². The summed E-state index contributed by atoms with van der Waals surface area (Å²) in [5.41, 5.74) is 0.920. The summed E-state index contributed by atoms with van der Waals surface area (Å²) in [6, 6.07) is 18.1. The van der Waals surface area contributed by atoms with Crippen molar-refractivity contribution in [2.45, 2.75) is 22.8 Å². The lowest BCUT2D eigenvalue weighted by Gasteiger charge is -2.10. The molecule has 2 aromatic rings. The van der Waals surface area contributed by atoms with Crippen LogP contribution in [0.15, 0.2) is 58.3 Å². The van der Waals surface area contributed by atoms with Crippen LogP contribution in [0, 0.1) is 22.7 Å². The van der Waals surface area contributed by atoms with Gasteiger partial charge in [0.15, 0.2) is 6.10 Å². The van der Waals surface area contributed by atoms with E-state index in [4.69, 9.17) is 15.3 Å². The van der Waals surface area contributed by atoms with Gasteiger partial charge in [0.2, 0.25) is 0 Å². The van der Waals surface area contributed by atoms with Gasteiger partial charge in [0, 0.05) is 9.79 Å². The second-order valence-electron chi connectivity index (χ2n) is 4.38. The van der Waals surface area contributed by atoms with Crippen LogP contribution in [-0.2, 0) is 4.74 Å². The average molecular weight is 308 g/mol. The van der Waals surface area contributed by atoms with Crippen LogP contribution >= 0.6 is 11.8 Å². The highest BCUT2D eigenvalue weighted by Gasteiger charge is 2.16. The van der Waals surface area contributed by atoms with E-state index in [1.165, 1.54) is 18.7 Å². The highest BCUT2D eigenvalue weighted by Crippen LogP contribution is 2.32. The maximum absolute atomic E-state index is 12.1. The van der Waals surface area contributed by atoms with Crippen molar-refractivity contribution in [3.8, 4) is 12.1 Å². The van der Waals surface area contributed by atoms with E-state index >= 15 is 0 Å². The second kappa shape index (κ2) is 7.31. The molecule has 4 nitrogen and oxygen atoms in total. The molecule has 0 saturated carbocycles. The van der Waals surface area contributed by atoms with Gasteiger partial charge in [0.1, 0.15) is 12.1 Å². The van der Waals surface area contributed by atoms with E-state index in [0.29, 0.717) is 16.0 Å². The minimum Gasteiger partial charge on any atom is -0.444 e. The van der Waals surface area contributed by atoms with Crippen LogP contribution in [0.4, 0.5) is 0 Å². The fourth-order valence-electron chi connectivity index (χ4n) is 1.74. The molecular formula is C17H12N2O2S. The van der Waals surface area contributed by atoms with Crippen LogP contribution in [0.3, 0.4) is 0 Å². The predicted molar refractivity (Wildman–Crippen MR) is 82.2 cm³/mol. The van der Waals surface area contributed by atoms with Crippen molar-refractivity contribution in [2.75, 3.05) is 0 Å². The Kier molecular flexibility index (Phi) is 5.19. The third kappa shape index (κ3) is 3.66. The van der Waals surface area contributed by atoms with Gasteiger partial charge in [-0.1, -0.05) is 36.0 Å². The number of nitriles is 2. The van der Waals surface area contributed by atoms with Crippen molar-refractivity contribution in [2.24, 2.45) is 0 Å². The van der Waals surface area contributed by atoms with Crippen molar-refractivity contribution < 1.29 is 9.53 Å². The summed E-state index contributed by atoms with van der Waals surface area (Å²) in [6.07, 6.45) is -0.808. The number of rotatable bonds is 4. The van der Waals surface area contributed by atoms with Gasteiger partial charge in [-0.2, -0.15) is 10.5 Å². The summed E-state index contributed by atoms with van der Waals surface area (Å²) >= 11 is 1.32. The fourth-order valence-corrected chi connectivity index (χ4v) is 2.76. The Hall–Kier alpha value is -2.76. The summed E-state index contributed by atoms with van der Waals surface area (Å²) in [7, 11) is 0. The van der Waals surface area contributed by atoms with Crippen molar-refractivity contribution in [1.29, 1.82) is 10.5 Å². The minimum absolute atomic E-state index is 0.377. The van der Waals surface area contributed by atoms with Crippen LogP contribution in [0.1, 0.15) is 22.8 Å². The Bertz CT molecular complexity index is 775. The summed E-state index contributed by atoms with van der Waals surface area (Å²) in [4.78, 5) is 13.6. The van der Waals surface area contributed by atoms with Crippen molar-refractivity contribution in [1.82, 2.24) is 0 Å². The molecule has 0 radical (unpaired) electrons. The lowest BCUT2D eigenvalue weighted by molar-refractivity contribution is 0.0431.